The van der Waals surface area contributed by atoms with Crippen LogP contribution in [0.25, 0.3) is 22.8 Å². The summed E-state index contributed by atoms with van der Waals surface area (Å²) < 4.78 is 11.4. The summed E-state index contributed by atoms with van der Waals surface area (Å²) in [5, 5.41) is 6.93. The van der Waals surface area contributed by atoms with Crippen molar-refractivity contribution >= 4 is 6.03 Å². The molecule has 0 unspecified atom stereocenters. The van der Waals surface area contributed by atoms with Gasteiger partial charge in [-0.05, 0) is 32.0 Å². The number of urea groups is 1. The van der Waals surface area contributed by atoms with Crippen molar-refractivity contribution in [2.24, 2.45) is 0 Å². The van der Waals surface area contributed by atoms with Gasteiger partial charge in [0.2, 0.25) is 5.82 Å². The number of nitrogens with one attached hydrogen (secondary N) is 1. The second kappa shape index (κ2) is 7.72. The van der Waals surface area contributed by atoms with Crippen LogP contribution in [0.1, 0.15) is 13.8 Å². The predicted octanol–water partition coefficient (Wildman–Crippen LogP) is 3.58. The summed E-state index contributed by atoms with van der Waals surface area (Å²) in [5.41, 5.74) is 1.69. The van der Waals surface area contributed by atoms with Crippen LogP contribution in [0.15, 0.2) is 59.1 Å². The Morgan fingerprint density at radius 2 is 1.89 bits per heavy atom. The summed E-state index contributed by atoms with van der Waals surface area (Å²) in [7, 11) is 0. The molecule has 0 bridgehead atoms. The number of carbonyl (C=O) groups is 1. The van der Waals surface area contributed by atoms with Crippen LogP contribution in [-0.4, -0.2) is 46.3 Å². The zero-order chi connectivity index (χ0) is 19.5. The highest BCUT2D eigenvalue weighted by Gasteiger charge is 2.32. The molecule has 28 heavy (non-hydrogen) atoms. The Hall–Kier alpha value is -3.35. The monoisotopic (exact) mass is 378 g/mol. The van der Waals surface area contributed by atoms with E-state index in [1.54, 1.807) is 4.90 Å². The molecule has 0 radical (unpaired) electrons. The van der Waals surface area contributed by atoms with E-state index in [0.717, 1.165) is 11.1 Å². The molecule has 7 nitrogen and oxygen atoms in total. The highest BCUT2D eigenvalue weighted by Crippen LogP contribution is 2.26. The third kappa shape index (κ3) is 3.98. The van der Waals surface area contributed by atoms with Crippen LogP contribution >= 0.6 is 0 Å². The first kappa shape index (κ1) is 18.0. The molecule has 2 aromatic carbocycles. The molecule has 4 rings (SSSR count). The maximum absolute atomic E-state index is 11.9. The highest BCUT2D eigenvalue weighted by atomic mass is 16.5. The molecule has 1 aliphatic heterocycles. The molecule has 1 fully saturated rings. The van der Waals surface area contributed by atoms with Crippen molar-refractivity contribution in [3.63, 3.8) is 0 Å². The Morgan fingerprint density at radius 3 is 2.64 bits per heavy atom. The largest absolute Gasteiger partial charge is 0.487 e. The summed E-state index contributed by atoms with van der Waals surface area (Å²) in [6.45, 7) is 5.03. The molecular weight excluding hydrogens is 356 g/mol. The lowest BCUT2D eigenvalue weighted by atomic mass is 10.1. The number of amides is 2. The second-order valence-corrected chi connectivity index (χ2v) is 7.07. The lowest BCUT2D eigenvalue weighted by Crippen LogP contribution is -2.59. The molecule has 7 heteroatoms. The molecule has 0 aliphatic carbocycles. The highest BCUT2D eigenvalue weighted by molar-refractivity contribution is 5.75. The maximum Gasteiger partial charge on any atom is 0.317 e. The van der Waals surface area contributed by atoms with Gasteiger partial charge in [-0.1, -0.05) is 41.6 Å². The summed E-state index contributed by atoms with van der Waals surface area (Å²) in [6.07, 6.45) is -0.0178. The summed E-state index contributed by atoms with van der Waals surface area (Å²) in [6, 6.07) is 17.3. The maximum atomic E-state index is 11.9. The van der Waals surface area contributed by atoms with Gasteiger partial charge in [0.1, 0.15) is 11.9 Å². The first-order valence-electron chi connectivity index (χ1n) is 9.30. The van der Waals surface area contributed by atoms with Gasteiger partial charge < -0.3 is 19.5 Å². The zero-order valence-electron chi connectivity index (χ0n) is 15.8. The Labute approximate surface area is 163 Å². The van der Waals surface area contributed by atoms with Crippen molar-refractivity contribution in [1.29, 1.82) is 0 Å². The minimum Gasteiger partial charge on any atom is -0.487 e. The molecule has 0 atom stereocenters. The van der Waals surface area contributed by atoms with Gasteiger partial charge in [0.25, 0.3) is 5.89 Å². The number of nitrogens with zero attached hydrogens (tertiary/aromatic N) is 3. The first-order chi connectivity index (χ1) is 13.6. The summed E-state index contributed by atoms with van der Waals surface area (Å²) in [5.74, 6) is 1.70. The van der Waals surface area contributed by atoms with E-state index in [-0.39, 0.29) is 18.2 Å². The van der Waals surface area contributed by atoms with Crippen LogP contribution in [-0.2, 0) is 0 Å². The molecule has 144 valence electrons. The molecule has 2 heterocycles. The number of benzene rings is 2. The quantitative estimate of drug-likeness (QED) is 0.734. The number of hydrogen-bond donors (Lipinski definition) is 1. The fourth-order valence-electron chi connectivity index (χ4n) is 2.96. The van der Waals surface area contributed by atoms with E-state index in [1.165, 1.54) is 0 Å². The van der Waals surface area contributed by atoms with E-state index >= 15 is 0 Å². The van der Waals surface area contributed by atoms with Crippen LogP contribution < -0.4 is 10.1 Å². The third-order valence-electron chi connectivity index (χ3n) is 4.39. The van der Waals surface area contributed by atoms with Gasteiger partial charge in [-0.3, -0.25) is 0 Å². The van der Waals surface area contributed by atoms with Crippen molar-refractivity contribution in [1.82, 2.24) is 20.4 Å². The van der Waals surface area contributed by atoms with Gasteiger partial charge in [0, 0.05) is 17.2 Å². The standard InChI is InChI=1S/C21H22N4O3/c1-14(2)22-21(26)25-12-18(13-25)27-17-10-6-9-16(11-17)20-23-19(24-28-20)15-7-4-3-5-8-15/h3-11,14,18H,12-13H2,1-2H3,(H,22,26). The molecule has 1 aliphatic rings. The van der Waals surface area contributed by atoms with Crippen LogP contribution in [0, 0.1) is 0 Å². The van der Waals surface area contributed by atoms with Gasteiger partial charge in [-0.15, -0.1) is 0 Å². The van der Waals surface area contributed by atoms with E-state index in [0.29, 0.717) is 30.6 Å². The SMILES string of the molecule is CC(C)NC(=O)N1CC(Oc2cccc(-c3nc(-c4ccccc4)no3)c2)C1. The molecule has 2 amide bonds. The number of ether oxygens (including phenoxy) is 1. The van der Waals surface area contributed by atoms with E-state index < -0.39 is 0 Å². The third-order valence-corrected chi connectivity index (χ3v) is 4.39. The Balaban J connectivity index is 1.39. The first-order valence-corrected chi connectivity index (χ1v) is 9.30. The fourth-order valence-corrected chi connectivity index (χ4v) is 2.96. The van der Waals surface area contributed by atoms with Crippen molar-refractivity contribution in [2.45, 2.75) is 26.0 Å². The van der Waals surface area contributed by atoms with Crippen LogP contribution in [0.2, 0.25) is 0 Å². The molecule has 1 aromatic heterocycles. The van der Waals surface area contributed by atoms with Gasteiger partial charge in [0.15, 0.2) is 0 Å². The minimum absolute atomic E-state index is 0.0178. The average molecular weight is 378 g/mol. The van der Waals surface area contributed by atoms with Gasteiger partial charge in [-0.25, -0.2) is 4.79 Å². The Kier molecular flexibility index (Phi) is 4.97. The fraction of sp³-hybridized carbons (Fsp3) is 0.286. The van der Waals surface area contributed by atoms with E-state index in [4.69, 9.17) is 9.26 Å². The topological polar surface area (TPSA) is 80.5 Å². The molecule has 0 saturated carbocycles. The van der Waals surface area contributed by atoms with E-state index in [2.05, 4.69) is 15.5 Å². The van der Waals surface area contributed by atoms with Crippen molar-refractivity contribution in [3.8, 4) is 28.6 Å². The minimum atomic E-state index is -0.0529. The van der Waals surface area contributed by atoms with Crippen molar-refractivity contribution in [2.75, 3.05) is 13.1 Å². The number of rotatable bonds is 5. The Morgan fingerprint density at radius 1 is 1.14 bits per heavy atom. The van der Waals surface area contributed by atoms with Gasteiger partial charge in [-0.2, -0.15) is 4.98 Å². The van der Waals surface area contributed by atoms with Gasteiger partial charge in [0.05, 0.1) is 13.1 Å². The molecule has 1 saturated heterocycles. The molecule has 0 spiro atoms. The average Bonchev–Trinajstić information content (AvgIpc) is 3.15. The predicted molar refractivity (Wildman–Crippen MR) is 105 cm³/mol. The molecular formula is C21H22N4O3. The molecule has 1 N–H and O–H groups in total. The number of carbonyl (C=O) groups excluding carboxylic acids is 1. The van der Waals surface area contributed by atoms with E-state index in [9.17, 15) is 4.79 Å². The second-order valence-electron chi connectivity index (χ2n) is 7.07. The number of hydrogen-bond acceptors (Lipinski definition) is 5. The summed E-state index contributed by atoms with van der Waals surface area (Å²) >= 11 is 0. The number of aromatic nitrogens is 2. The van der Waals surface area contributed by atoms with Crippen LogP contribution in [0.5, 0.6) is 5.75 Å². The smallest absolute Gasteiger partial charge is 0.317 e. The lowest BCUT2D eigenvalue weighted by Gasteiger charge is -2.39. The van der Waals surface area contributed by atoms with Crippen LogP contribution in [0.4, 0.5) is 4.79 Å². The number of likely N-dealkylation sites (tertiary alicyclic amines) is 1. The summed E-state index contributed by atoms with van der Waals surface area (Å²) in [4.78, 5) is 18.1. The van der Waals surface area contributed by atoms with E-state index in [1.807, 2.05) is 68.4 Å². The van der Waals surface area contributed by atoms with Crippen LogP contribution in [0.3, 0.4) is 0 Å². The lowest BCUT2D eigenvalue weighted by molar-refractivity contribution is 0.0438. The van der Waals surface area contributed by atoms with Crippen molar-refractivity contribution in [3.05, 3.63) is 54.6 Å². The molecule has 3 aromatic rings. The zero-order valence-corrected chi connectivity index (χ0v) is 15.8. The van der Waals surface area contributed by atoms with Crippen molar-refractivity contribution < 1.29 is 14.1 Å². The van der Waals surface area contributed by atoms with Gasteiger partial charge >= 0.3 is 6.03 Å². The Bertz CT molecular complexity index is 949. The normalized spacial score (nSPS) is 14.0.